The number of piperidine rings is 1. The van der Waals surface area contributed by atoms with Crippen molar-refractivity contribution >= 4 is 30.7 Å². The first-order valence-corrected chi connectivity index (χ1v) is 7.58. The zero-order valence-corrected chi connectivity index (χ0v) is 14.6. The number of rotatable bonds is 4. The van der Waals surface area contributed by atoms with E-state index in [0.717, 1.165) is 71.6 Å². The summed E-state index contributed by atoms with van der Waals surface area (Å²) in [5.41, 5.74) is 5.58. The average molecular weight is 341 g/mol. The lowest BCUT2D eigenvalue weighted by Gasteiger charge is -2.35. The molecule has 2 N–H and O–H groups in total. The third kappa shape index (κ3) is 6.70. The molecular formula is C14H30Cl2N4O. The Balaban J connectivity index is 0.00000200. The number of nitrogens with two attached hydrogens (primary N) is 1. The molecule has 7 heteroatoms. The second-order valence-electron chi connectivity index (χ2n) is 5.96. The molecule has 0 aromatic rings. The molecule has 5 nitrogen and oxygen atoms in total. The Morgan fingerprint density at radius 2 is 1.62 bits per heavy atom. The molecule has 2 aliphatic rings. The van der Waals surface area contributed by atoms with Crippen molar-refractivity contribution in [2.24, 2.45) is 11.7 Å². The van der Waals surface area contributed by atoms with Gasteiger partial charge in [-0.3, -0.25) is 4.79 Å². The van der Waals surface area contributed by atoms with Gasteiger partial charge in [-0.15, -0.1) is 24.8 Å². The summed E-state index contributed by atoms with van der Waals surface area (Å²) in [4.78, 5) is 19.0. The number of nitrogens with zero attached hydrogens (tertiary/aromatic N) is 3. The van der Waals surface area contributed by atoms with E-state index < -0.39 is 0 Å². The van der Waals surface area contributed by atoms with E-state index in [0.29, 0.717) is 11.8 Å². The van der Waals surface area contributed by atoms with Gasteiger partial charge in [-0.05, 0) is 38.9 Å². The van der Waals surface area contributed by atoms with Crippen LogP contribution in [0.25, 0.3) is 0 Å². The van der Waals surface area contributed by atoms with Gasteiger partial charge in [0.15, 0.2) is 0 Å². The molecule has 0 aliphatic carbocycles. The van der Waals surface area contributed by atoms with Crippen LogP contribution >= 0.6 is 24.8 Å². The van der Waals surface area contributed by atoms with Crippen molar-refractivity contribution in [3.63, 3.8) is 0 Å². The molecule has 21 heavy (non-hydrogen) atoms. The van der Waals surface area contributed by atoms with E-state index in [1.165, 1.54) is 0 Å². The summed E-state index contributed by atoms with van der Waals surface area (Å²) >= 11 is 0. The Labute approximate surface area is 141 Å². The highest BCUT2D eigenvalue weighted by molar-refractivity contribution is 5.85. The van der Waals surface area contributed by atoms with Gasteiger partial charge < -0.3 is 20.4 Å². The molecule has 1 amide bonds. The quantitative estimate of drug-likeness (QED) is 0.817. The summed E-state index contributed by atoms with van der Waals surface area (Å²) in [7, 11) is 2.12. The molecule has 2 heterocycles. The second-order valence-corrected chi connectivity index (χ2v) is 5.96. The Bertz CT molecular complexity index is 291. The molecule has 0 spiro atoms. The molecule has 2 rings (SSSR count). The maximum atomic E-state index is 12.3. The number of piperazine rings is 1. The summed E-state index contributed by atoms with van der Waals surface area (Å²) in [6.07, 6.45) is 3.05. The molecule has 0 aromatic carbocycles. The SMILES string of the molecule is CN1CCN(C(=O)CC2CCN(CCN)CC2)CC1.Cl.Cl. The highest BCUT2D eigenvalue weighted by atomic mass is 35.5. The fourth-order valence-corrected chi connectivity index (χ4v) is 3.03. The maximum Gasteiger partial charge on any atom is 0.222 e. The van der Waals surface area contributed by atoms with Gasteiger partial charge in [0.1, 0.15) is 0 Å². The number of likely N-dealkylation sites (N-methyl/N-ethyl adjacent to an activating group) is 1. The molecule has 0 radical (unpaired) electrons. The number of carbonyl (C=O) groups is 1. The van der Waals surface area contributed by atoms with Crippen LogP contribution < -0.4 is 5.73 Å². The minimum atomic E-state index is 0. The lowest BCUT2D eigenvalue weighted by molar-refractivity contribution is -0.134. The fourth-order valence-electron chi connectivity index (χ4n) is 3.03. The topological polar surface area (TPSA) is 52.8 Å². The zero-order chi connectivity index (χ0) is 13.7. The van der Waals surface area contributed by atoms with E-state index in [1.54, 1.807) is 0 Å². The molecule has 2 saturated heterocycles. The van der Waals surface area contributed by atoms with Crippen molar-refractivity contribution in [3.05, 3.63) is 0 Å². The molecular weight excluding hydrogens is 311 g/mol. The Morgan fingerprint density at radius 3 is 2.14 bits per heavy atom. The predicted molar refractivity (Wildman–Crippen MR) is 91.4 cm³/mol. The first-order chi connectivity index (χ1) is 9.19. The van der Waals surface area contributed by atoms with Gasteiger partial charge in [-0.1, -0.05) is 0 Å². The minimum Gasteiger partial charge on any atom is -0.340 e. The van der Waals surface area contributed by atoms with Crippen molar-refractivity contribution in [2.75, 3.05) is 59.4 Å². The summed E-state index contributed by atoms with van der Waals surface area (Å²) in [6, 6.07) is 0. The molecule has 0 unspecified atom stereocenters. The fraction of sp³-hybridized carbons (Fsp3) is 0.929. The number of halogens is 2. The van der Waals surface area contributed by atoms with Gasteiger partial charge in [0.05, 0.1) is 0 Å². The van der Waals surface area contributed by atoms with Gasteiger partial charge >= 0.3 is 0 Å². The molecule has 0 saturated carbocycles. The van der Waals surface area contributed by atoms with E-state index in [9.17, 15) is 4.79 Å². The van der Waals surface area contributed by atoms with Crippen LogP contribution in [0.15, 0.2) is 0 Å². The third-order valence-electron chi connectivity index (χ3n) is 4.47. The van der Waals surface area contributed by atoms with Crippen molar-refractivity contribution < 1.29 is 4.79 Å². The normalized spacial score (nSPS) is 21.5. The third-order valence-corrected chi connectivity index (χ3v) is 4.47. The number of carbonyl (C=O) groups excluding carboxylic acids is 1. The average Bonchev–Trinajstić information content (AvgIpc) is 2.42. The van der Waals surface area contributed by atoms with E-state index in [4.69, 9.17) is 5.73 Å². The molecule has 2 fully saturated rings. The van der Waals surface area contributed by atoms with Crippen LogP contribution in [0.1, 0.15) is 19.3 Å². The van der Waals surface area contributed by atoms with Gasteiger partial charge in [0.25, 0.3) is 0 Å². The van der Waals surface area contributed by atoms with Crippen LogP contribution in [-0.2, 0) is 4.79 Å². The van der Waals surface area contributed by atoms with E-state index in [2.05, 4.69) is 16.8 Å². The lowest BCUT2D eigenvalue weighted by atomic mass is 9.93. The maximum absolute atomic E-state index is 12.3. The predicted octanol–water partition coefficient (Wildman–Crippen LogP) is 0.665. The van der Waals surface area contributed by atoms with E-state index >= 15 is 0 Å². The van der Waals surface area contributed by atoms with Crippen molar-refractivity contribution in [1.82, 2.24) is 14.7 Å². The monoisotopic (exact) mass is 340 g/mol. The van der Waals surface area contributed by atoms with Crippen LogP contribution in [0.4, 0.5) is 0 Å². The summed E-state index contributed by atoms with van der Waals surface area (Å²) in [5, 5.41) is 0. The smallest absolute Gasteiger partial charge is 0.222 e. The van der Waals surface area contributed by atoms with E-state index in [1.807, 2.05) is 4.90 Å². The molecule has 126 valence electrons. The van der Waals surface area contributed by atoms with Gasteiger partial charge in [0.2, 0.25) is 5.91 Å². The molecule has 2 aliphatic heterocycles. The first-order valence-electron chi connectivity index (χ1n) is 7.58. The van der Waals surface area contributed by atoms with Crippen molar-refractivity contribution in [1.29, 1.82) is 0 Å². The first kappa shape index (κ1) is 20.9. The Morgan fingerprint density at radius 1 is 1.05 bits per heavy atom. The minimum absolute atomic E-state index is 0. The number of likely N-dealkylation sites (tertiary alicyclic amines) is 1. The lowest BCUT2D eigenvalue weighted by Crippen LogP contribution is -2.48. The van der Waals surface area contributed by atoms with Crippen molar-refractivity contribution in [2.45, 2.75) is 19.3 Å². The van der Waals surface area contributed by atoms with Gasteiger partial charge in [-0.25, -0.2) is 0 Å². The second kappa shape index (κ2) is 10.6. The van der Waals surface area contributed by atoms with Crippen LogP contribution in [0, 0.1) is 5.92 Å². The standard InChI is InChI=1S/C14H28N4O.2ClH/c1-16-8-10-18(11-9-16)14(19)12-13-2-5-17(6-3-13)7-4-15;;/h13H,2-12,15H2,1H3;2*1H. The summed E-state index contributed by atoms with van der Waals surface area (Å²) in [6.45, 7) is 7.80. The highest BCUT2D eigenvalue weighted by Crippen LogP contribution is 2.21. The van der Waals surface area contributed by atoms with Crippen molar-refractivity contribution in [3.8, 4) is 0 Å². The van der Waals surface area contributed by atoms with Gasteiger partial charge in [0, 0.05) is 45.7 Å². The molecule has 0 bridgehead atoms. The molecule has 0 aromatic heterocycles. The number of amides is 1. The molecule has 0 atom stereocenters. The zero-order valence-electron chi connectivity index (χ0n) is 13.0. The largest absolute Gasteiger partial charge is 0.340 e. The summed E-state index contributed by atoms with van der Waals surface area (Å²) in [5.74, 6) is 0.951. The van der Waals surface area contributed by atoms with Crippen LogP contribution in [0.5, 0.6) is 0 Å². The van der Waals surface area contributed by atoms with Crippen LogP contribution in [0.2, 0.25) is 0 Å². The van der Waals surface area contributed by atoms with Crippen LogP contribution in [-0.4, -0.2) is 80.0 Å². The van der Waals surface area contributed by atoms with E-state index in [-0.39, 0.29) is 24.8 Å². The highest BCUT2D eigenvalue weighted by Gasteiger charge is 2.25. The summed E-state index contributed by atoms with van der Waals surface area (Å²) < 4.78 is 0. The number of hydrogen-bond donors (Lipinski definition) is 1. The van der Waals surface area contributed by atoms with Gasteiger partial charge in [-0.2, -0.15) is 0 Å². The van der Waals surface area contributed by atoms with Crippen LogP contribution in [0.3, 0.4) is 0 Å². The number of hydrogen-bond acceptors (Lipinski definition) is 4. The Kier molecular flexibility index (Phi) is 10.6. The Hall–Kier alpha value is -0.0700.